The summed E-state index contributed by atoms with van der Waals surface area (Å²) >= 11 is 0. The smallest absolute Gasteiger partial charge is 0.328 e. The zero-order valence-corrected chi connectivity index (χ0v) is 8.47. The summed E-state index contributed by atoms with van der Waals surface area (Å²) in [6.07, 6.45) is 0.292. The van der Waals surface area contributed by atoms with Crippen LogP contribution >= 0.6 is 0 Å². The largest absolute Gasteiger partial charge is 0.480 e. The van der Waals surface area contributed by atoms with Gasteiger partial charge in [0.2, 0.25) is 5.91 Å². The maximum absolute atomic E-state index is 11.3. The Labute approximate surface area is 87.2 Å². The number of ether oxygens (including phenoxy) is 1. The summed E-state index contributed by atoms with van der Waals surface area (Å²) in [5, 5.41) is 19.3. The minimum atomic E-state index is -1.31. The van der Waals surface area contributed by atoms with Gasteiger partial charge < -0.3 is 26.0 Å². The number of nitrogens with two attached hydrogens (primary N) is 1. The van der Waals surface area contributed by atoms with E-state index in [1.54, 1.807) is 0 Å². The number of aliphatic hydroxyl groups is 1. The third-order valence-corrected chi connectivity index (χ3v) is 1.77. The molecule has 0 heterocycles. The van der Waals surface area contributed by atoms with Crippen molar-refractivity contribution in [1.82, 2.24) is 5.32 Å². The fraction of sp³-hybridized carbons (Fsp3) is 0.750. The Morgan fingerprint density at radius 1 is 1.53 bits per heavy atom. The second kappa shape index (κ2) is 7.16. The summed E-state index contributed by atoms with van der Waals surface area (Å²) < 4.78 is 4.72. The Bertz CT molecular complexity index is 221. The molecule has 0 aliphatic carbocycles. The Morgan fingerprint density at radius 3 is 2.53 bits per heavy atom. The molecule has 88 valence electrons. The third kappa shape index (κ3) is 5.31. The molecule has 0 saturated heterocycles. The van der Waals surface area contributed by atoms with Crippen LogP contribution in [-0.2, 0) is 14.3 Å². The highest BCUT2D eigenvalue weighted by Crippen LogP contribution is 1.91. The van der Waals surface area contributed by atoms with Gasteiger partial charge in [-0.1, -0.05) is 0 Å². The Morgan fingerprint density at radius 2 is 2.13 bits per heavy atom. The van der Waals surface area contributed by atoms with Gasteiger partial charge >= 0.3 is 5.97 Å². The molecule has 7 heteroatoms. The zero-order chi connectivity index (χ0) is 11.8. The molecule has 0 aromatic carbocycles. The minimum Gasteiger partial charge on any atom is -0.480 e. The van der Waals surface area contributed by atoms with Gasteiger partial charge in [0.25, 0.3) is 0 Å². The predicted octanol–water partition coefficient (Wildman–Crippen LogP) is -2.09. The second-order valence-corrected chi connectivity index (χ2v) is 2.97. The number of amides is 1. The van der Waals surface area contributed by atoms with E-state index < -0.39 is 30.6 Å². The van der Waals surface area contributed by atoms with Crippen LogP contribution in [0.25, 0.3) is 0 Å². The number of carbonyl (C=O) groups excluding carboxylic acids is 1. The van der Waals surface area contributed by atoms with Gasteiger partial charge in [0.15, 0.2) is 0 Å². The zero-order valence-electron chi connectivity index (χ0n) is 8.47. The molecule has 0 spiro atoms. The van der Waals surface area contributed by atoms with Crippen molar-refractivity contribution in [2.45, 2.75) is 18.5 Å². The van der Waals surface area contributed by atoms with Gasteiger partial charge in [0.05, 0.1) is 12.6 Å². The van der Waals surface area contributed by atoms with E-state index in [9.17, 15) is 9.59 Å². The molecule has 0 aromatic rings. The lowest BCUT2D eigenvalue weighted by Crippen LogP contribution is -2.50. The van der Waals surface area contributed by atoms with Gasteiger partial charge in [-0.2, -0.15) is 0 Å². The van der Waals surface area contributed by atoms with Crippen LogP contribution in [0.2, 0.25) is 0 Å². The number of aliphatic hydroxyl groups excluding tert-OH is 1. The minimum absolute atomic E-state index is 0.292. The first-order valence-electron chi connectivity index (χ1n) is 4.41. The first-order chi connectivity index (χ1) is 7.02. The molecule has 1 amide bonds. The topological polar surface area (TPSA) is 122 Å². The molecule has 0 rings (SSSR count). The van der Waals surface area contributed by atoms with Gasteiger partial charge in [-0.25, -0.2) is 4.79 Å². The molecule has 7 nitrogen and oxygen atoms in total. The number of nitrogens with one attached hydrogen (secondary N) is 1. The molecule has 0 fully saturated rings. The van der Waals surface area contributed by atoms with Crippen LogP contribution in [0.1, 0.15) is 6.42 Å². The molecule has 5 N–H and O–H groups in total. The first-order valence-corrected chi connectivity index (χ1v) is 4.41. The highest BCUT2D eigenvalue weighted by molar-refractivity contribution is 5.86. The van der Waals surface area contributed by atoms with Crippen LogP contribution < -0.4 is 11.1 Å². The summed E-state index contributed by atoms with van der Waals surface area (Å²) in [5.41, 5.74) is 5.44. The average molecular weight is 220 g/mol. The second-order valence-electron chi connectivity index (χ2n) is 2.97. The van der Waals surface area contributed by atoms with Crippen molar-refractivity contribution >= 4 is 11.9 Å². The molecule has 0 radical (unpaired) electrons. The summed E-state index contributed by atoms with van der Waals surface area (Å²) in [5.74, 6) is -1.92. The highest BCUT2D eigenvalue weighted by atomic mass is 16.5. The first kappa shape index (κ1) is 13.8. The standard InChI is InChI=1S/C8H16N2O5/c1-15-3-2-5(9)7(12)10-6(4-11)8(13)14/h5-6,11H,2-4,9H2,1H3,(H,10,12)(H,13,14)/t5?,6-/m1/s1. The van der Waals surface area contributed by atoms with E-state index in [1.165, 1.54) is 7.11 Å². The molecule has 1 unspecified atom stereocenters. The van der Waals surface area contributed by atoms with E-state index in [0.717, 1.165) is 0 Å². The summed E-state index contributed by atoms with van der Waals surface area (Å²) in [6.45, 7) is -0.358. The van der Waals surface area contributed by atoms with E-state index in [4.69, 9.17) is 20.7 Å². The molecule has 0 aromatic heterocycles. The Balaban J connectivity index is 4.04. The van der Waals surface area contributed by atoms with Crippen LogP contribution in [-0.4, -0.2) is 54.5 Å². The van der Waals surface area contributed by atoms with Crippen molar-refractivity contribution < 1.29 is 24.5 Å². The van der Waals surface area contributed by atoms with E-state index >= 15 is 0 Å². The lowest BCUT2D eigenvalue weighted by molar-refractivity contribution is -0.143. The van der Waals surface area contributed by atoms with Crippen molar-refractivity contribution in [2.75, 3.05) is 20.3 Å². The van der Waals surface area contributed by atoms with Crippen molar-refractivity contribution in [2.24, 2.45) is 5.73 Å². The monoisotopic (exact) mass is 220 g/mol. The third-order valence-electron chi connectivity index (χ3n) is 1.77. The molecule has 15 heavy (non-hydrogen) atoms. The van der Waals surface area contributed by atoms with Crippen molar-refractivity contribution in [3.8, 4) is 0 Å². The van der Waals surface area contributed by atoms with Gasteiger partial charge in [0, 0.05) is 13.7 Å². The van der Waals surface area contributed by atoms with E-state index in [1.807, 2.05) is 0 Å². The number of methoxy groups -OCH3 is 1. The average Bonchev–Trinajstić information content (AvgIpc) is 2.21. The van der Waals surface area contributed by atoms with E-state index in [2.05, 4.69) is 5.32 Å². The molecule has 0 saturated carbocycles. The van der Waals surface area contributed by atoms with E-state index in [0.29, 0.717) is 13.0 Å². The van der Waals surface area contributed by atoms with Crippen molar-refractivity contribution in [3.05, 3.63) is 0 Å². The van der Waals surface area contributed by atoms with E-state index in [-0.39, 0.29) is 0 Å². The number of rotatable bonds is 7. The van der Waals surface area contributed by atoms with Gasteiger partial charge in [-0.3, -0.25) is 4.79 Å². The molecule has 0 aliphatic heterocycles. The quantitative estimate of drug-likeness (QED) is 0.390. The fourth-order valence-corrected chi connectivity index (χ4v) is 0.840. The normalized spacial score (nSPS) is 14.3. The molecule has 2 atom stereocenters. The Kier molecular flexibility index (Phi) is 6.59. The van der Waals surface area contributed by atoms with Crippen LogP contribution in [0.15, 0.2) is 0 Å². The summed E-state index contributed by atoms with van der Waals surface area (Å²) in [6, 6.07) is -2.15. The molecule has 0 bridgehead atoms. The number of hydrogen-bond acceptors (Lipinski definition) is 5. The van der Waals surface area contributed by atoms with Gasteiger partial charge in [-0.15, -0.1) is 0 Å². The van der Waals surface area contributed by atoms with Gasteiger partial charge in [-0.05, 0) is 6.42 Å². The van der Waals surface area contributed by atoms with Crippen LogP contribution in [0.4, 0.5) is 0 Å². The van der Waals surface area contributed by atoms with Gasteiger partial charge in [0.1, 0.15) is 6.04 Å². The summed E-state index contributed by atoms with van der Waals surface area (Å²) in [4.78, 5) is 21.7. The number of aliphatic carboxylic acids is 1. The maximum atomic E-state index is 11.3. The lowest BCUT2D eigenvalue weighted by Gasteiger charge is -2.15. The van der Waals surface area contributed by atoms with Crippen molar-refractivity contribution in [1.29, 1.82) is 0 Å². The lowest BCUT2D eigenvalue weighted by atomic mass is 10.2. The SMILES string of the molecule is COCCC(N)C(=O)N[C@H](CO)C(=O)O. The summed E-state index contributed by atoms with van der Waals surface area (Å²) in [7, 11) is 1.47. The molecule has 0 aliphatic rings. The van der Waals surface area contributed by atoms with Crippen LogP contribution in [0.3, 0.4) is 0 Å². The predicted molar refractivity (Wildman–Crippen MR) is 51.1 cm³/mol. The number of carboxylic acids is 1. The highest BCUT2D eigenvalue weighted by Gasteiger charge is 2.21. The fourth-order valence-electron chi connectivity index (χ4n) is 0.840. The molecular weight excluding hydrogens is 204 g/mol. The number of carbonyl (C=O) groups is 2. The Hall–Kier alpha value is -1.18. The maximum Gasteiger partial charge on any atom is 0.328 e. The van der Waals surface area contributed by atoms with Crippen LogP contribution in [0, 0.1) is 0 Å². The number of carboxylic acid groups (broad SMARTS) is 1. The van der Waals surface area contributed by atoms with Crippen molar-refractivity contribution in [3.63, 3.8) is 0 Å². The van der Waals surface area contributed by atoms with Crippen LogP contribution in [0.5, 0.6) is 0 Å². The molecular formula is C8H16N2O5. The number of hydrogen-bond donors (Lipinski definition) is 4.